The van der Waals surface area contributed by atoms with Crippen molar-refractivity contribution in [2.75, 3.05) is 13.1 Å². The lowest BCUT2D eigenvalue weighted by Crippen LogP contribution is -2.55. The molecule has 25 heavy (non-hydrogen) atoms. The van der Waals surface area contributed by atoms with Gasteiger partial charge in [-0.2, -0.15) is 0 Å². The predicted molar refractivity (Wildman–Crippen MR) is 99.9 cm³/mol. The van der Waals surface area contributed by atoms with Crippen molar-refractivity contribution in [3.8, 4) is 0 Å². The summed E-state index contributed by atoms with van der Waals surface area (Å²) >= 11 is 0. The third-order valence-corrected chi connectivity index (χ3v) is 6.97. The van der Waals surface area contributed by atoms with Crippen molar-refractivity contribution in [3.05, 3.63) is 35.4 Å². The highest BCUT2D eigenvalue weighted by Gasteiger charge is 2.49. The summed E-state index contributed by atoms with van der Waals surface area (Å²) in [5.74, 6) is 1.32. The van der Waals surface area contributed by atoms with Crippen LogP contribution < -0.4 is 11.1 Å². The summed E-state index contributed by atoms with van der Waals surface area (Å²) in [6.45, 7) is 7.18. The molecule has 2 fully saturated rings. The van der Waals surface area contributed by atoms with Gasteiger partial charge in [0.15, 0.2) is 0 Å². The van der Waals surface area contributed by atoms with E-state index in [9.17, 15) is 4.79 Å². The fourth-order valence-corrected chi connectivity index (χ4v) is 5.27. The van der Waals surface area contributed by atoms with Crippen molar-refractivity contribution >= 4 is 5.91 Å². The summed E-state index contributed by atoms with van der Waals surface area (Å²) in [6.07, 6.45) is 4.65. The van der Waals surface area contributed by atoms with Crippen LogP contribution in [0.2, 0.25) is 0 Å². The van der Waals surface area contributed by atoms with Gasteiger partial charge in [0.05, 0.1) is 5.92 Å². The number of benzene rings is 1. The van der Waals surface area contributed by atoms with Gasteiger partial charge in [0, 0.05) is 31.2 Å². The highest BCUT2D eigenvalue weighted by molar-refractivity contribution is 5.80. The molecule has 4 unspecified atom stereocenters. The maximum absolute atomic E-state index is 12.8. The summed E-state index contributed by atoms with van der Waals surface area (Å²) in [5.41, 5.74) is 9.16. The highest BCUT2D eigenvalue weighted by atomic mass is 16.2. The monoisotopic (exact) mass is 341 g/mol. The molecule has 1 aromatic rings. The van der Waals surface area contributed by atoms with Crippen LogP contribution in [0.5, 0.6) is 0 Å². The molecule has 3 aliphatic rings. The first kappa shape index (κ1) is 17.0. The third kappa shape index (κ3) is 3.11. The van der Waals surface area contributed by atoms with Crippen LogP contribution >= 0.6 is 0 Å². The molecular formula is C21H31N3O. The van der Waals surface area contributed by atoms with Crippen molar-refractivity contribution in [3.63, 3.8) is 0 Å². The summed E-state index contributed by atoms with van der Waals surface area (Å²) in [6, 6.07) is 8.78. The van der Waals surface area contributed by atoms with Crippen LogP contribution in [0.3, 0.4) is 0 Å². The Morgan fingerprint density at radius 3 is 2.68 bits per heavy atom. The molecule has 136 valence electrons. The van der Waals surface area contributed by atoms with E-state index in [1.807, 2.05) is 0 Å². The van der Waals surface area contributed by atoms with Gasteiger partial charge in [-0.25, -0.2) is 0 Å². The van der Waals surface area contributed by atoms with E-state index in [2.05, 4.69) is 48.3 Å². The molecule has 1 aliphatic heterocycles. The van der Waals surface area contributed by atoms with Gasteiger partial charge < -0.3 is 11.1 Å². The molecule has 1 aromatic carbocycles. The van der Waals surface area contributed by atoms with Gasteiger partial charge in [0.2, 0.25) is 5.91 Å². The van der Waals surface area contributed by atoms with Crippen molar-refractivity contribution < 1.29 is 4.79 Å². The standard InChI is InChI=1S/C21H31N3O/c1-21(2,24-10-9-14-5-3-4-6-17(14)12-24)13-23-20(25)18-15-7-8-16(11-15)19(18)22/h3-6,15-16,18-19H,7-13,22H2,1-2H3,(H,23,25). The average molecular weight is 341 g/mol. The van der Waals surface area contributed by atoms with E-state index in [4.69, 9.17) is 5.73 Å². The Hall–Kier alpha value is -1.39. The van der Waals surface area contributed by atoms with Gasteiger partial charge >= 0.3 is 0 Å². The van der Waals surface area contributed by atoms with Crippen LogP contribution in [0.4, 0.5) is 0 Å². The summed E-state index contributed by atoms with van der Waals surface area (Å²) in [4.78, 5) is 15.3. The molecule has 0 radical (unpaired) electrons. The molecule has 2 bridgehead atoms. The average Bonchev–Trinajstić information content (AvgIpc) is 3.20. The van der Waals surface area contributed by atoms with Crippen molar-refractivity contribution in [2.24, 2.45) is 23.5 Å². The molecule has 3 N–H and O–H groups in total. The lowest BCUT2D eigenvalue weighted by molar-refractivity contribution is -0.127. The molecule has 1 heterocycles. The Labute approximate surface area is 151 Å². The zero-order chi connectivity index (χ0) is 17.6. The van der Waals surface area contributed by atoms with Crippen LogP contribution in [0.1, 0.15) is 44.2 Å². The van der Waals surface area contributed by atoms with E-state index in [-0.39, 0.29) is 23.4 Å². The fraction of sp³-hybridized carbons (Fsp3) is 0.667. The first-order valence-electron chi connectivity index (χ1n) is 9.81. The first-order valence-corrected chi connectivity index (χ1v) is 9.81. The Morgan fingerprint density at radius 2 is 1.96 bits per heavy atom. The number of amides is 1. The quantitative estimate of drug-likeness (QED) is 0.883. The van der Waals surface area contributed by atoms with E-state index in [1.54, 1.807) is 0 Å². The second-order valence-corrected chi connectivity index (χ2v) is 8.91. The zero-order valence-electron chi connectivity index (χ0n) is 15.5. The number of carbonyl (C=O) groups excluding carboxylic acids is 1. The largest absolute Gasteiger partial charge is 0.354 e. The second kappa shape index (κ2) is 6.40. The number of rotatable bonds is 4. The fourth-order valence-electron chi connectivity index (χ4n) is 5.27. The lowest BCUT2D eigenvalue weighted by atomic mass is 9.84. The van der Waals surface area contributed by atoms with Gasteiger partial charge in [-0.3, -0.25) is 9.69 Å². The van der Waals surface area contributed by atoms with Crippen LogP contribution in [-0.4, -0.2) is 35.5 Å². The number of hydrogen-bond acceptors (Lipinski definition) is 3. The number of hydrogen-bond donors (Lipinski definition) is 2. The van der Waals surface area contributed by atoms with Crippen molar-refractivity contribution in [1.29, 1.82) is 0 Å². The highest BCUT2D eigenvalue weighted by Crippen LogP contribution is 2.47. The molecule has 0 saturated heterocycles. The number of nitrogens with two attached hydrogens (primary N) is 1. The lowest BCUT2D eigenvalue weighted by Gasteiger charge is -2.42. The molecule has 1 amide bonds. The minimum atomic E-state index is -0.0507. The summed E-state index contributed by atoms with van der Waals surface area (Å²) in [5, 5.41) is 3.24. The van der Waals surface area contributed by atoms with Crippen molar-refractivity contribution in [2.45, 2.75) is 57.7 Å². The van der Waals surface area contributed by atoms with Crippen LogP contribution in [0.25, 0.3) is 0 Å². The van der Waals surface area contributed by atoms with Gasteiger partial charge in [-0.05, 0) is 62.5 Å². The Balaban J connectivity index is 1.36. The number of nitrogens with zero attached hydrogens (tertiary/aromatic N) is 1. The van der Waals surface area contributed by atoms with Gasteiger partial charge in [0.1, 0.15) is 0 Å². The number of fused-ring (bicyclic) bond motifs is 3. The van der Waals surface area contributed by atoms with Crippen LogP contribution in [-0.2, 0) is 17.8 Å². The molecule has 0 spiro atoms. The molecule has 2 aliphatic carbocycles. The summed E-state index contributed by atoms with van der Waals surface area (Å²) < 4.78 is 0. The predicted octanol–water partition coefficient (Wildman–Crippen LogP) is 2.31. The maximum atomic E-state index is 12.8. The SMILES string of the molecule is CC(C)(CNC(=O)C1C2CCC(C2)C1N)N1CCc2ccccc2C1. The second-order valence-electron chi connectivity index (χ2n) is 8.91. The third-order valence-electron chi connectivity index (χ3n) is 6.97. The normalized spacial score (nSPS) is 31.8. The minimum absolute atomic E-state index is 0.0385. The Bertz CT molecular complexity index is 654. The molecule has 2 saturated carbocycles. The molecule has 4 atom stereocenters. The smallest absolute Gasteiger partial charge is 0.225 e. The topological polar surface area (TPSA) is 58.4 Å². The van der Waals surface area contributed by atoms with E-state index < -0.39 is 0 Å². The van der Waals surface area contributed by atoms with E-state index in [0.29, 0.717) is 18.4 Å². The summed E-state index contributed by atoms with van der Waals surface area (Å²) in [7, 11) is 0. The Morgan fingerprint density at radius 1 is 1.24 bits per heavy atom. The molecule has 4 heteroatoms. The van der Waals surface area contributed by atoms with Gasteiger partial charge in [-0.1, -0.05) is 24.3 Å². The molecule has 0 aromatic heterocycles. The van der Waals surface area contributed by atoms with Gasteiger partial charge in [-0.15, -0.1) is 0 Å². The van der Waals surface area contributed by atoms with Crippen LogP contribution in [0.15, 0.2) is 24.3 Å². The number of nitrogens with one attached hydrogen (secondary N) is 1. The molecule has 4 rings (SSSR count). The Kier molecular flexibility index (Phi) is 4.37. The van der Waals surface area contributed by atoms with Crippen molar-refractivity contribution in [1.82, 2.24) is 10.2 Å². The van der Waals surface area contributed by atoms with Crippen LogP contribution in [0, 0.1) is 17.8 Å². The van der Waals surface area contributed by atoms with Gasteiger partial charge in [0.25, 0.3) is 0 Å². The first-order chi connectivity index (χ1) is 12.0. The number of carbonyl (C=O) groups is 1. The molecule has 4 nitrogen and oxygen atoms in total. The minimum Gasteiger partial charge on any atom is -0.354 e. The zero-order valence-corrected chi connectivity index (χ0v) is 15.5. The van der Waals surface area contributed by atoms with E-state index in [0.717, 1.165) is 25.9 Å². The van der Waals surface area contributed by atoms with E-state index >= 15 is 0 Å². The molecular weight excluding hydrogens is 310 g/mol. The van der Waals surface area contributed by atoms with E-state index in [1.165, 1.54) is 24.0 Å². The maximum Gasteiger partial charge on any atom is 0.225 e.